The summed E-state index contributed by atoms with van der Waals surface area (Å²) in [6.45, 7) is 5.56. The molecular weight excluding hydrogens is 777 g/mol. The molecule has 61 heavy (non-hydrogen) atoms. The Kier molecular flexibility index (Phi) is 11.3. The molecule has 6 atom stereocenters. The molecule has 3 saturated heterocycles. The fourth-order valence-electron chi connectivity index (χ4n) is 10.6. The zero-order chi connectivity index (χ0) is 42.4. The van der Waals surface area contributed by atoms with Gasteiger partial charge in [-0.2, -0.15) is 0 Å². The number of alkyl carbamates (subject to hydrolysis) is 2. The summed E-state index contributed by atoms with van der Waals surface area (Å²) < 4.78 is 15.3. The highest BCUT2D eigenvalue weighted by Gasteiger charge is 2.52. The van der Waals surface area contributed by atoms with Crippen LogP contribution in [0.15, 0.2) is 48.8 Å². The van der Waals surface area contributed by atoms with E-state index in [-0.39, 0.29) is 41.8 Å². The normalized spacial score (nSPS) is 23.0. The average molecular weight is 833 g/mol. The van der Waals surface area contributed by atoms with Crippen LogP contribution in [0, 0.1) is 17.8 Å². The Morgan fingerprint density at radius 3 is 2.05 bits per heavy atom. The molecule has 322 valence electrons. The minimum absolute atomic E-state index is 0.0210. The molecule has 15 nitrogen and oxygen atoms in total. The molecule has 5 aliphatic rings. The van der Waals surface area contributed by atoms with Crippen molar-refractivity contribution >= 4 is 24.0 Å². The number of nitrogens with zero attached hydrogens (tertiary/aromatic N) is 4. The van der Waals surface area contributed by atoms with Crippen molar-refractivity contribution in [2.24, 2.45) is 17.8 Å². The van der Waals surface area contributed by atoms with Crippen molar-refractivity contribution in [2.45, 2.75) is 102 Å². The van der Waals surface area contributed by atoms with Gasteiger partial charge in [-0.25, -0.2) is 19.6 Å². The molecule has 4 N–H and O–H groups in total. The molecule has 0 radical (unpaired) electrons. The molecule has 2 bridgehead atoms. The van der Waals surface area contributed by atoms with Crippen molar-refractivity contribution in [1.82, 2.24) is 40.4 Å². The number of aromatic amines is 2. The maximum atomic E-state index is 14.4. The Labute approximate surface area is 355 Å². The van der Waals surface area contributed by atoms with E-state index in [4.69, 9.17) is 24.2 Å². The lowest BCUT2D eigenvalue weighted by Crippen LogP contribution is -2.55. The number of piperidine rings is 1. The lowest BCUT2D eigenvalue weighted by Gasteiger charge is -2.39. The second-order valence-electron chi connectivity index (χ2n) is 17.6. The third-order valence-corrected chi connectivity index (χ3v) is 13.8. The first kappa shape index (κ1) is 40.7. The first-order chi connectivity index (χ1) is 29.6. The van der Waals surface area contributed by atoms with Crippen molar-refractivity contribution in [1.29, 1.82) is 0 Å². The van der Waals surface area contributed by atoms with Gasteiger partial charge in [0, 0.05) is 25.8 Å². The molecule has 9 rings (SSSR count). The van der Waals surface area contributed by atoms with E-state index < -0.39 is 24.3 Å². The van der Waals surface area contributed by atoms with E-state index in [1.807, 2.05) is 36.0 Å². The third kappa shape index (κ3) is 7.77. The number of imidazole rings is 2. The Morgan fingerprint density at radius 1 is 0.787 bits per heavy atom. The number of rotatable bonds is 10. The van der Waals surface area contributed by atoms with Crippen molar-refractivity contribution in [2.75, 3.05) is 34.0 Å². The van der Waals surface area contributed by atoms with Gasteiger partial charge in [-0.15, -0.1) is 0 Å². The number of hydrogen-bond acceptors (Lipinski definition) is 9. The molecule has 2 aromatic heterocycles. The number of carbonyl (C=O) groups is 4. The average Bonchev–Trinajstić information content (AvgIpc) is 4.15. The summed E-state index contributed by atoms with van der Waals surface area (Å²) in [5.41, 5.74) is 8.87. The second kappa shape index (κ2) is 17.0. The van der Waals surface area contributed by atoms with Gasteiger partial charge in [0.25, 0.3) is 0 Å². The number of amides is 4. The highest BCUT2D eigenvalue weighted by molar-refractivity contribution is 5.88. The molecule has 2 aromatic carbocycles. The number of aromatic nitrogens is 4. The number of benzene rings is 2. The van der Waals surface area contributed by atoms with Gasteiger partial charge in [-0.05, 0) is 121 Å². The molecule has 4 fully saturated rings. The predicted molar refractivity (Wildman–Crippen MR) is 226 cm³/mol. The van der Waals surface area contributed by atoms with Crippen LogP contribution in [-0.4, -0.2) is 106 Å². The van der Waals surface area contributed by atoms with Gasteiger partial charge in [0.2, 0.25) is 11.8 Å². The third-order valence-electron chi connectivity index (χ3n) is 13.8. The lowest BCUT2D eigenvalue weighted by atomic mass is 9.83. The number of ether oxygens (including phenoxy) is 3. The van der Waals surface area contributed by atoms with Crippen LogP contribution in [0.5, 0.6) is 0 Å². The van der Waals surface area contributed by atoms with Crippen LogP contribution in [0.1, 0.15) is 93.7 Å². The van der Waals surface area contributed by atoms with Gasteiger partial charge >= 0.3 is 12.2 Å². The first-order valence-electron chi connectivity index (χ1n) is 21.9. The summed E-state index contributed by atoms with van der Waals surface area (Å²) in [5, 5.41) is 5.60. The predicted octanol–water partition coefficient (Wildman–Crippen LogP) is 6.48. The standard InChI is InChI=1S/C46H56N8O7/c1-25(2)38(51-45(57)59-3)43(55)53-17-5-6-37(53)41-47-23-35(49-41)29-10-13-33-27(20-29)7-8-28-21-30(11-14-34(28)33)36-24-48-42(50-36)40-31-9-12-32(22-31)54(40)44(56)39(52-46(58)60-4)26-15-18-61-19-16-26/h10-11,13-14,20-21,23-26,31-32,37-40H,5-9,12,15-19,22H2,1-4H3,(H,47,49)(H,48,50)(H,51,57)(H,52,58)/t31-,32+,37-,38-,39-,40-/m0/s1. The topological polar surface area (TPSA) is 184 Å². The van der Waals surface area contributed by atoms with Gasteiger partial charge in [0.05, 0.1) is 50.1 Å². The SMILES string of the molecule is COC(=O)N[C@H](C(=O)N1CCC[C@H]1c1ncc(-c2ccc3c(c2)CCc2cc(-c4cnc([C@@H]5[C@H]6CC[C@H](C6)N5C(=O)[C@@H](NC(=O)OC)C5CCOCC5)[nH]4)ccc2-3)[nH]1)C(C)C. The summed E-state index contributed by atoms with van der Waals surface area (Å²) in [7, 11) is 2.63. The molecule has 3 aliphatic heterocycles. The molecule has 1 saturated carbocycles. The number of likely N-dealkylation sites (tertiary alicyclic amines) is 2. The molecule has 4 aromatic rings. The van der Waals surface area contributed by atoms with Gasteiger partial charge in [0.1, 0.15) is 23.7 Å². The van der Waals surface area contributed by atoms with E-state index in [1.165, 1.54) is 36.5 Å². The van der Waals surface area contributed by atoms with E-state index in [0.717, 1.165) is 79.1 Å². The highest BCUT2D eigenvalue weighted by Crippen LogP contribution is 2.50. The van der Waals surface area contributed by atoms with Crippen LogP contribution in [0.2, 0.25) is 0 Å². The van der Waals surface area contributed by atoms with Crippen molar-refractivity contribution < 1.29 is 33.4 Å². The molecule has 0 unspecified atom stereocenters. The minimum atomic E-state index is -0.686. The fourth-order valence-corrected chi connectivity index (χ4v) is 10.6. The van der Waals surface area contributed by atoms with E-state index in [1.54, 1.807) is 0 Å². The van der Waals surface area contributed by atoms with Crippen LogP contribution in [-0.2, 0) is 36.6 Å². The van der Waals surface area contributed by atoms with Crippen LogP contribution >= 0.6 is 0 Å². The molecule has 2 aliphatic carbocycles. The van der Waals surface area contributed by atoms with Crippen molar-refractivity contribution in [3.05, 3.63) is 71.6 Å². The van der Waals surface area contributed by atoms with Gasteiger partial charge in [0.15, 0.2) is 0 Å². The number of fused-ring (bicyclic) bond motifs is 5. The van der Waals surface area contributed by atoms with Crippen LogP contribution in [0.25, 0.3) is 33.6 Å². The fraction of sp³-hybridized carbons (Fsp3) is 0.522. The van der Waals surface area contributed by atoms with Gasteiger partial charge < -0.3 is 44.6 Å². The number of nitrogens with one attached hydrogen (secondary N) is 4. The lowest BCUT2D eigenvalue weighted by molar-refractivity contribution is -0.140. The van der Waals surface area contributed by atoms with Crippen LogP contribution < -0.4 is 10.6 Å². The van der Waals surface area contributed by atoms with E-state index >= 15 is 0 Å². The van der Waals surface area contributed by atoms with Gasteiger partial charge in [-0.3, -0.25) is 9.59 Å². The first-order valence-corrected chi connectivity index (χ1v) is 21.9. The summed E-state index contributed by atoms with van der Waals surface area (Å²) in [5.74, 6) is 1.53. The Hall–Kier alpha value is -5.70. The van der Waals surface area contributed by atoms with Crippen molar-refractivity contribution in [3.63, 3.8) is 0 Å². The minimum Gasteiger partial charge on any atom is -0.453 e. The summed E-state index contributed by atoms with van der Waals surface area (Å²) in [6, 6.07) is 11.5. The highest BCUT2D eigenvalue weighted by atomic mass is 16.5. The number of hydrogen-bond donors (Lipinski definition) is 4. The van der Waals surface area contributed by atoms with Crippen molar-refractivity contribution in [3.8, 4) is 33.6 Å². The number of carbonyl (C=O) groups excluding carboxylic acids is 4. The summed E-state index contributed by atoms with van der Waals surface area (Å²) in [4.78, 5) is 73.2. The number of methoxy groups -OCH3 is 2. The van der Waals surface area contributed by atoms with E-state index in [0.29, 0.717) is 38.5 Å². The maximum absolute atomic E-state index is 14.4. The molecule has 15 heteroatoms. The molecular formula is C46H56N8O7. The smallest absolute Gasteiger partial charge is 0.407 e. The zero-order valence-electron chi connectivity index (χ0n) is 35.4. The Bertz CT molecular complexity index is 2300. The molecule has 4 amide bonds. The molecule has 0 spiro atoms. The maximum Gasteiger partial charge on any atom is 0.407 e. The zero-order valence-corrected chi connectivity index (χ0v) is 35.4. The Morgan fingerprint density at radius 2 is 1.41 bits per heavy atom. The largest absolute Gasteiger partial charge is 0.453 e. The number of aryl methyl sites for hydroxylation is 2. The van der Waals surface area contributed by atoms with Crippen LogP contribution in [0.3, 0.4) is 0 Å². The molecule has 5 heterocycles. The van der Waals surface area contributed by atoms with E-state index in [2.05, 4.69) is 57.0 Å². The quantitative estimate of drug-likeness (QED) is 0.139. The summed E-state index contributed by atoms with van der Waals surface area (Å²) >= 11 is 0. The second-order valence-corrected chi connectivity index (χ2v) is 17.6. The van der Waals surface area contributed by atoms with Crippen LogP contribution in [0.4, 0.5) is 9.59 Å². The van der Waals surface area contributed by atoms with E-state index in [9.17, 15) is 19.2 Å². The number of H-pyrrole nitrogens is 2. The summed E-state index contributed by atoms with van der Waals surface area (Å²) in [6.07, 6.45) is 10.3. The van der Waals surface area contributed by atoms with Gasteiger partial charge in [-0.1, -0.05) is 38.1 Å². The monoisotopic (exact) mass is 832 g/mol. The Balaban J connectivity index is 0.909.